The summed E-state index contributed by atoms with van der Waals surface area (Å²) in [6.45, 7) is 2.70. The number of hydrogen-bond donors (Lipinski definition) is 3. The molecule has 0 bridgehead atoms. The molecular weight excluding hydrogens is 299 g/mol. The number of nitrogens with one attached hydrogen (secondary N) is 3. The quantitative estimate of drug-likeness (QED) is 0.633. The van der Waals surface area contributed by atoms with Gasteiger partial charge in [-0.25, -0.2) is 4.39 Å². The van der Waals surface area contributed by atoms with E-state index in [0.29, 0.717) is 17.1 Å². The maximum absolute atomic E-state index is 12.9. The molecule has 1 aromatic heterocycles. The summed E-state index contributed by atoms with van der Waals surface area (Å²) in [5.74, 6) is 0.477. The molecule has 0 saturated heterocycles. The minimum absolute atomic E-state index is 0.238. The number of hydrogen-bond acceptors (Lipinski definition) is 3. The van der Waals surface area contributed by atoms with Crippen LogP contribution in [-0.2, 0) is 6.54 Å². The average molecular weight is 314 g/mol. The van der Waals surface area contributed by atoms with Crippen LogP contribution in [0.5, 0.6) is 0 Å². The summed E-state index contributed by atoms with van der Waals surface area (Å²) in [5, 5.41) is 9.03. The van der Waals surface area contributed by atoms with Crippen LogP contribution < -0.4 is 5.32 Å². The molecule has 0 saturated carbocycles. The molecule has 2 aromatic carbocycles. The van der Waals surface area contributed by atoms with Crippen LogP contribution in [0, 0.1) is 17.5 Å². The minimum atomic E-state index is -0.238. The van der Waals surface area contributed by atoms with E-state index in [1.54, 1.807) is 12.1 Å². The summed E-state index contributed by atoms with van der Waals surface area (Å²) in [5.41, 5.74) is 4.16. The Labute approximate surface area is 132 Å². The lowest BCUT2D eigenvalue weighted by Gasteiger charge is -2.10. The van der Waals surface area contributed by atoms with E-state index < -0.39 is 0 Å². The number of aryl methyl sites for hydroxylation is 1. The van der Waals surface area contributed by atoms with Crippen molar-refractivity contribution < 1.29 is 4.39 Å². The number of H-pyrrole nitrogens is 2. The molecule has 112 valence electrons. The molecule has 3 rings (SSSR count). The molecule has 0 amide bonds. The SMILES string of the molecule is Cc1ccc(-c2nc(=S)[nH][nH]2)cc1CNc1ccc(F)cc1. The highest BCUT2D eigenvalue weighted by atomic mass is 32.1. The first-order chi connectivity index (χ1) is 10.6. The zero-order chi connectivity index (χ0) is 15.5. The summed E-state index contributed by atoms with van der Waals surface area (Å²) in [7, 11) is 0. The second-order valence-corrected chi connectivity index (χ2v) is 5.40. The summed E-state index contributed by atoms with van der Waals surface area (Å²) >= 11 is 4.98. The first kappa shape index (κ1) is 14.5. The zero-order valence-corrected chi connectivity index (χ0v) is 12.8. The van der Waals surface area contributed by atoms with Crippen LogP contribution >= 0.6 is 12.2 Å². The first-order valence-electron chi connectivity index (χ1n) is 6.86. The molecule has 0 fully saturated rings. The molecule has 0 atom stereocenters. The molecule has 0 aliphatic heterocycles. The molecule has 3 aromatic rings. The molecule has 6 heteroatoms. The normalized spacial score (nSPS) is 10.6. The Bertz CT molecular complexity index is 836. The predicted octanol–water partition coefficient (Wildman–Crippen LogP) is 4.19. The molecule has 0 unspecified atom stereocenters. The summed E-state index contributed by atoms with van der Waals surface area (Å²) in [4.78, 5) is 4.22. The number of aromatic amines is 2. The topological polar surface area (TPSA) is 56.5 Å². The second kappa shape index (κ2) is 6.11. The van der Waals surface area contributed by atoms with Crippen molar-refractivity contribution in [1.82, 2.24) is 15.2 Å². The monoisotopic (exact) mass is 314 g/mol. The Morgan fingerprint density at radius 3 is 2.59 bits per heavy atom. The van der Waals surface area contributed by atoms with Crippen LogP contribution in [-0.4, -0.2) is 15.2 Å². The molecule has 22 heavy (non-hydrogen) atoms. The van der Waals surface area contributed by atoms with Gasteiger partial charge in [-0.3, -0.25) is 10.2 Å². The number of anilines is 1. The fourth-order valence-electron chi connectivity index (χ4n) is 2.18. The van der Waals surface area contributed by atoms with Crippen LogP contribution in [0.3, 0.4) is 0 Å². The molecular formula is C16H15FN4S. The van der Waals surface area contributed by atoms with E-state index in [0.717, 1.165) is 16.8 Å². The van der Waals surface area contributed by atoms with Gasteiger partial charge in [-0.2, -0.15) is 4.98 Å². The van der Waals surface area contributed by atoms with Gasteiger partial charge < -0.3 is 5.32 Å². The van der Waals surface area contributed by atoms with Crippen molar-refractivity contribution in [2.75, 3.05) is 5.32 Å². The molecule has 0 spiro atoms. The van der Waals surface area contributed by atoms with E-state index in [1.807, 2.05) is 12.1 Å². The van der Waals surface area contributed by atoms with E-state index in [-0.39, 0.29) is 5.82 Å². The van der Waals surface area contributed by atoms with Crippen molar-refractivity contribution >= 4 is 17.9 Å². The van der Waals surface area contributed by atoms with Gasteiger partial charge in [-0.1, -0.05) is 12.1 Å². The smallest absolute Gasteiger partial charge is 0.213 e. The van der Waals surface area contributed by atoms with Crippen molar-refractivity contribution in [1.29, 1.82) is 0 Å². The lowest BCUT2D eigenvalue weighted by molar-refractivity contribution is 0.628. The van der Waals surface area contributed by atoms with Crippen molar-refractivity contribution in [2.24, 2.45) is 0 Å². The van der Waals surface area contributed by atoms with Crippen LogP contribution in [0.4, 0.5) is 10.1 Å². The Morgan fingerprint density at radius 2 is 1.91 bits per heavy atom. The van der Waals surface area contributed by atoms with Gasteiger partial charge >= 0.3 is 0 Å². The number of rotatable bonds is 4. The lowest BCUT2D eigenvalue weighted by atomic mass is 10.0. The van der Waals surface area contributed by atoms with E-state index in [1.165, 1.54) is 17.7 Å². The first-order valence-corrected chi connectivity index (χ1v) is 7.27. The van der Waals surface area contributed by atoms with Gasteiger partial charge in [0, 0.05) is 17.8 Å². The fraction of sp³-hybridized carbons (Fsp3) is 0.125. The number of nitrogens with zero attached hydrogens (tertiary/aromatic N) is 1. The standard InChI is InChI=1S/C16H15FN4S/c1-10-2-3-11(15-19-16(22)21-20-15)8-12(10)9-18-14-6-4-13(17)5-7-14/h2-8,18H,9H2,1H3,(H2,19,20,21,22). The second-order valence-electron chi connectivity index (χ2n) is 5.02. The maximum Gasteiger partial charge on any atom is 0.213 e. The molecule has 0 aliphatic carbocycles. The molecule has 1 heterocycles. The Hall–Kier alpha value is -2.47. The van der Waals surface area contributed by atoms with Gasteiger partial charge in [0.25, 0.3) is 0 Å². The molecule has 3 N–H and O–H groups in total. The van der Waals surface area contributed by atoms with E-state index >= 15 is 0 Å². The van der Waals surface area contributed by atoms with Gasteiger partial charge in [0.15, 0.2) is 5.82 Å². The van der Waals surface area contributed by atoms with E-state index in [9.17, 15) is 4.39 Å². The van der Waals surface area contributed by atoms with Crippen molar-refractivity contribution in [2.45, 2.75) is 13.5 Å². The van der Waals surface area contributed by atoms with Crippen molar-refractivity contribution in [3.63, 3.8) is 0 Å². The molecule has 0 radical (unpaired) electrons. The highest BCUT2D eigenvalue weighted by Crippen LogP contribution is 2.20. The number of halogens is 1. The Morgan fingerprint density at radius 1 is 1.14 bits per heavy atom. The molecule has 4 nitrogen and oxygen atoms in total. The molecule has 0 aliphatic rings. The highest BCUT2D eigenvalue weighted by molar-refractivity contribution is 7.71. The largest absolute Gasteiger partial charge is 0.381 e. The number of benzene rings is 2. The Kier molecular flexibility index (Phi) is 4.02. The van der Waals surface area contributed by atoms with Crippen LogP contribution in [0.15, 0.2) is 42.5 Å². The Balaban J connectivity index is 1.81. The predicted molar refractivity (Wildman–Crippen MR) is 87.7 cm³/mol. The van der Waals surface area contributed by atoms with E-state index in [2.05, 4.69) is 33.5 Å². The van der Waals surface area contributed by atoms with Gasteiger partial charge in [0.1, 0.15) is 5.82 Å². The summed E-state index contributed by atoms with van der Waals surface area (Å²) in [6, 6.07) is 12.4. The maximum atomic E-state index is 12.9. The zero-order valence-electron chi connectivity index (χ0n) is 12.0. The average Bonchev–Trinajstić information content (AvgIpc) is 2.95. The van der Waals surface area contributed by atoms with E-state index in [4.69, 9.17) is 12.2 Å². The van der Waals surface area contributed by atoms with Crippen molar-refractivity contribution in [3.8, 4) is 11.4 Å². The van der Waals surface area contributed by atoms with Crippen LogP contribution in [0.25, 0.3) is 11.4 Å². The highest BCUT2D eigenvalue weighted by Gasteiger charge is 2.05. The van der Waals surface area contributed by atoms with Gasteiger partial charge in [0.05, 0.1) is 0 Å². The lowest BCUT2D eigenvalue weighted by Crippen LogP contribution is -2.01. The van der Waals surface area contributed by atoms with Gasteiger partial charge in [-0.05, 0) is 60.6 Å². The fourth-order valence-corrected chi connectivity index (χ4v) is 2.32. The van der Waals surface area contributed by atoms with Crippen LogP contribution in [0.2, 0.25) is 0 Å². The summed E-state index contributed by atoms with van der Waals surface area (Å²) < 4.78 is 13.3. The minimum Gasteiger partial charge on any atom is -0.381 e. The number of aromatic nitrogens is 3. The summed E-state index contributed by atoms with van der Waals surface area (Å²) in [6.07, 6.45) is 0. The van der Waals surface area contributed by atoms with Gasteiger partial charge in [-0.15, -0.1) is 0 Å². The third kappa shape index (κ3) is 3.23. The third-order valence-electron chi connectivity index (χ3n) is 3.45. The third-order valence-corrected chi connectivity index (χ3v) is 3.64. The van der Waals surface area contributed by atoms with Crippen molar-refractivity contribution in [3.05, 3.63) is 64.2 Å². The van der Waals surface area contributed by atoms with Gasteiger partial charge in [0.2, 0.25) is 4.77 Å². The van der Waals surface area contributed by atoms with Crippen LogP contribution in [0.1, 0.15) is 11.1 Å².